The van der Waals surface area contributed by atoms with Crippen LogP contribution in [0.4, 0.5) is 5.82 Å². The van der Waals surface area contributed by atoms with Crippen LogP contribution in [-0.4, -0.2) is 24.6 Å². The summed E-state index contributed by atoms with van der Waals surface area (Å²) < 4.78 is 0. The van der Waals surface area contributed by atoms with Crippen molar-refractivity contribution in [3.8, 4) is 0 Å². The lowest BCUT2D eigenvalue weighted by atomic mass is 10.0. The minimum Gasteiger partial charge on any atom is -0.356 e. The van der Waals surface area contributed by atoms with Gasteiger partial charge in [0, 0.05) is 25.8 Å². The van der Waals surface area contributed by atoms with Gasteiger partial charge in [0.2, 0.25) is 0 Å². The molecule has 3 nitrogen and oxygen atoms in total. The van der Waals surface area contributed by atoms with E-state index in [4.69, 9.17) is 4.98 Å². The molecule has 0 atom stereocenters. The van der Waals surface area contributed by atoms with E-state index in [0.29, 0.717) is 0 Å². The Morgan fingerprint density at radius 1 is 1.19 bits per heavy atom. The summed E-state index contributed by atoms with van der Waals surface area (Å²) >= 11 is 0. The van der Waals surface area contributed by atoms with Crippen LogP contribution in [0.25, 0.3) is 0 Å². The Balaban J connectivity index is 2.76. The molecule has 0 bridgehead atoms. The molecule has 0 aliphatic heterocycles. The summed E-state index contributed by atoms with van der Waals surface area (Å²) in [4.78, 5) is 7.16. The van der Waals surface area contributed by atoms with E-state index in [-0.39, 0.29) is 0 Å². The normalized spacial score (nSPS) is 11.1. The number of nitrogens with zero attached hydrogens (tertiary/aromatic N) is 2. The van der Waals surface area contributed by atoms with Gasteiger partial charge in [-0.15, -0.1) is 0 Å². The van der Waals surface area contributed by atoms with E-state index in [1.54, 1.807) is 0 Å². The molecule has 1 heterocycles. The Labute approximate surface area is 131 Å². The minimum atomic E-state index is 0.761. The first-order chi connectivity index (χ1) is 10.2. The molecule has 0 aliphatic rings. The lowest BCUT2D eigenvalue weighted by Gasteiger charge is -2.28. The van der Waals surface area contributed by atoms with Gasteiger partial charge in [-0.2, -0.15) is 0 Å². The van der Waals surface area contributed by atoms with Gasteiger partial charge in [0.05, 0.1) is 0 Å². The molecule has 0 aromatic carbocycles. The second kappa shape index (κ2) is 9.78. The molecule has 0 unspecified atom stereocenters. The van der Waals surface area contributed by atoms with Crippen LogP contribution in [0.5, 0.6) is 0 Å². The second-order valence-electron chi connectivity index (χ2n) is 5.88. The zero-order valence-corrected chi connectivity index (χ0v) is 14.6. The minimum absolute atomic E-state index is 0.761. The first kappa shape index (κ1) is 18.0. The Bertz CT molecular complexity index is 399. The summed E-state index contributed by atoms with van der Waals surface area (Å²) in [7, 11) is 0. The summed E-state index contributed by atoms with van der Waals surface area (Å²) in [6.07, 6.45) is 5.68. The van der Waals surface area contributed by atoms with Gasteiger partial charge in [-0.05, 0) is 49.9 Å². The number of rotatable bonds is 10. The molecule has 0 fully saturated rings. The van der Waals surface area contributed by atoms with Crippen LogP contribution in [0.2, 0.25) is 0 Å². The van der Waals surface area contributed by atoms with Gasteiger partial charge in [-0.25, -0.2) is 4.98 Å². The van der Waals surface area contributed by atoms with Crippen LogP contribution < -0.4 is 10.2 Å². The highest BCUT2D eigenvalue weighted by atomic mass is 15.2. The summed E-state index contributed by atoms with van der Waals surface area (Å²) in [6.45, 7) is 15.3. The van der Waals surface area contributed by atoms with E-state index in [9.17, 15) is 0 Å². The van der Waals surface area contributed by atoms with Crippen molar-refractivity contribution in [2.75, 3.05) is 24.5 Å². The Hall–Kier alpha value is -1.09. The van der Waals surface area contributed by atoms with E-state index in [0.717, 1.165) is 37.9 Å². The zero-order valence-electron chi connectivity index (χ0n) is 14.6. The zero-order chi connectivity index (χ0) is 15.7. The molecular formula is C18H33N3. The summed E-state index contributed by atoms with van der Waals surface area (Å²) in [6, 6.07) is 2.28. The van der Waals surface area contributed by atoms with Crippen molar-refractivity contribution in [1.82, 2.24) is 10.3 Å². The number of aryl methyl sites for hydroxylation is 1. The Kier molecular flexibility index (Phi) is 8.36. The van der Waals surface area contributed by atoms with Gasteiger partial charge >= 0.3 is 0 Å². The van der Waals surface area contributed by atoms with Crippen molar-refractivity contribution in [2.24, 2.45) is 5.92 Å². The van der Waals surface area contributed by atoms with Crippen LogP contribution in [0.15, 0.2) is 12.3 Å². The van der Waals surface area contributed by atoms with Gasteiger partial charge in [0.25, 0.3) is 0 Å². The molecular weight excluding hydrogens is 258 g/mol. The first-order valence-electron chi connectivity index (χ1n) is 8.57. The third kappa shape index (κ3) is 5.66. The lowest BCUT2D eigenvalue weighted by Crippen LogP contribution is -2.30. The van der Waals surface area contributed by atoms with Crippen LogP contribution in [0.3, 0.4) is 0 Å². The molecule has 1 aromatic rings. The number of aromatic nitrogens is 1. The highest BCUT2D eigenvalue weighted by molar-refractivity contribution is 5.47. The Morgan fingerprint density at radius 3 is 2.43 bits per heavy atom. The molecule has 0 aliphatic carbocycles. The summed E-state index contributed by atoms with van der Waals surface area (Å²) in [5, 5.41) is 3.44. The molecule has 0 saturated heterocycles. The summed E-state index contributed by atoms with van der Waals surface area (Å²) in [5.41, 5.74) is 2.57. The van der Waals surface area contributed by atoms with Gasteiger partial charge in [0.15, 0.2) is 0 Å². The van der Waals surface area contributed by atoms with E-state index in [1.807, 2.05) is 6.20 Å². The molecule has 0 spiro atoms. The van der Waals surface area contributed by atoms with Gasteiger partial charge < -0.3 is 10.2 Å². The third-order valence-electron chi connectivity index (χ3n) is 4.18. The first-order valence-corrected chi connectivity index (χ1v) is 8.57. The highest BCUT2D eigenvalue weighted by Crippen LogP contribution is 2.21. The number of nitrogens with one attached hydrogen (secondary N) is 1. The van der Waals surface area contributed by atoms with Crippen molar-refractivity contribution < 1.29 is 0 Å². The maximum absolute atomic E-state index is 4.74. The number of hydrogen-bond acceptors (Lipinski definition) is 3. The van der Waals surface area contributed by atoms with Gasteiger partial charge in [-0.1, -0.05) is 33.6 Å². The smallest absolute Gasteiger partial charge is 0.131 e. The molecule has 21 heavy (non-hydrogen) atoms. The van der Waals surface area contributed by atoms with E-state index >= 15 is 0 Å². The molecule has 1 rings (SSSR count). The molecule has 0 radical (unpaired) electrons. The average molecular weight is 291 g/mol. The molecule has 3 heteroatoms. The van der Waals surface area contributed by atoms with E-state index < -0.39 is 0 Å². The SMILES string of the molecule is CCCNCc1cnc(N(CC)CC(CC)CC)c(C)c1. The maximum atomic E-state index is 4.74. The fourth-order valence-corrected chi connectivity index (χ4v) is 2.69. The topological polar surface area (TPSA) is 28.2 Å². The van der Waals surface area contributed by atoms with Gasteiger partial charge in [0.1, 0.15) is 5.82 Å². The van der Waals surface area contributed by atoms with Crippen LogP contribution in [-0.2, 0) is 6.54 Å². The van der Waals surface area contributed by atoms with Crippen LogP contribution >= 0.6 is 0 Å². The third-order valence-corrected chi connectivity index (χ3v) is 4.18. The van der Waals surface area contributed by atoms with Crippen LogP contribution in [0, 0.1) is 12.8 Å². The number of pyridine rings is 1. The molecule has 1 aromatic heterocycles. The van der Waals surface area contributed by atoms with Crippen LogP contribution in [0.1, 0.15) is 58.1 Å². The lowest BCUT2D eigenvalue weighted by molar-refractivity contribution is 0.484. The monoisotopic (exact) mass is 291 g/mol. The van der Waals surface area contributed by atoms with Crippen molar-refractivity contribution in [1.29, 1.82) is 0 Å². The standard InChI is InChI=1S/C18H33N3/c1-6-10-19-12-17-11-15(5)18(20-13-17)21(9-4)14-16(7-2)8-3/h11,13,16,19H,6-10,12,14H2,1-5H3. The second-order valence-corrected chi connectivity index (χ2v) is 5.88. The van der Waals surface area contributed by atoms with Crippen molar-refractivity contribution in [2.45, 2.75) is 60.4 Å². The predicted octanol–water partition coefficient (Wildman–Crippen LogP) is 4.15. The number of anilines is 1. The summed E-state index contributed by atoms with van der Waals surface area (Å²) in [5.74, 6) is 1.92. The molecule has 1 N–H and O–H groups in total. The van der Waals surface area contributed by atoms with Crippen molar-refractivity contribution in [3.63, 3.8) is 0 Å². The molecule has 120 valence electrons. The van der Waals surface area contributed by atoms with E-state index in [2.05, 4.69) is 50.9 Å². The predicted molar refractivity (Wildman–Crippen MR) is 92.9 cm³/mol. The molecule has 0 saturated carbocycles. The fourth-order valence-electron chi connectivity index (χ4n) is 2.69. The average Bonchev–Trinajstić information content (AvgIpc) is 2.50. The van der Waals surface area contributed by atoms with Crippen molar-refractivity contribution >= 4 is 5.82 Å². The Morgan fingerprint density at radius 2 is 1.90 bits per heavy atom. The van der Waals surface area contributed by atoms with Crippen molar-refractivity contribution in [3.05, 3.63) is 23.4 Å². The quantitative estimate of drug-likeness (QED) is 0.656. The largest absolute Gasteiger partial charge is 0.356 e. The maximum Gasteiger partial charge on any atom is 0.131 e. The van der Waals surface area contributed by atoms with Gasteiger partial charge in [-0.3, -0.25) is 0 Å². The number of hydrogen-bond donors (Lipinski definition) is 1. The van der Waals surface area contributed by atoms with E-state index in [1.165, 1.54) is 30.4 Å². The molecule has 0 amide bonds. The fraction of sp³-hybridized carbons (Fsp3) is 0.722. The highest BCUT2D eigenvalue weighted by Gasteiger charge is 2.14.